The summed E-state index contributed by atoms with van der Waals surface area (Å²) in [6, 6.07) is 19.3. The Morgan fingerprint density at radius 2 is 1.45 bits per heavy atom. The molecule has 0 radical (unpaired) electrons. The number of rotatable bonds is 8. The minimum Gasteiger partial charge on any atom is -0.492 e. The summed E-state index contributed by atoms with van der Waals surface area (Å²) < 4.78 is 10.3. The van der Waals surface area contributed by atoms with Gasteiger partial charge in [0.1, 0.15) is 5.75 Å². The lowest BCUT2D eigenvalue weighted by Gasteiger charge is -2.04. The predicted octanol–water partition coefficient (Wildman–Crippen LogP) is 4.82. The van der Waals surface area contributed by atoms with Crippen LogP contribution in [-0.2, 0) is 13.1 Å². The molecule has 0 N–H and O–H groups in total. The number of aromatic nitrogens is 2. The van der Waals surface area contributed by atoms with E-state index in [9.17, 15) is 0 Å². The first-order chi connectivity index (χ1) is 14.3. The van der Waals surface area contributed by atoms with E-state index in [0.29, 0.717) is 0 Å². The quantitative estimate of drug-likeness (QED) is 0.305. The second-order valence-corrected chi connectivity index (χ2v) is 7.93. The first kappa shape index (κ1) is 19.3. The summed E-state index contributed by atoms with van der Waals surface area (Å²) in [7, 11) is 0. The van der Waals surface area contributed by atoms with Gasteiger partial charge in [0.2, 0.25) is 0 Å². The number of pyridine rings is 2. The van der Waals surface area contributed by atoms with Crippen LogP contribution in [0.4, 0.5) is 0 Å². The van der Waals surface area contributed by atoms with Crippen LogP contribution in [0.1, 0.15) is 17.5 Å². The van der Waals surface area contributed by atoms with Gasteiger partial charge in [-0.3, -0.25) is 0 Å². The fraction of sp³-hybridized carbons (Fsp3) is 0.200. The van der Waals surface area contributed by atoms with E-state index in [1.807, 2.05) is 0 Å². The second kappa shape index (κ2) is 9.48. The van der Waals surface area contributed by atoms with Crippen molar-refractivity contribution in [3.05, 3.63) is 101 Å². The second-order valence-electron chi connectivity index (χ2n) is 7.19. The summed E-state index contributed by atoms with van der Waals surface area (Å²) in [6.07, 6.45) is 9.58. The molecule has 29 heavy (non-hydrogen) atoms. The Hall–Kier alpha value is -2.98. The summed E-state index contributed by atoms with van der Waals surface area (Å²) >= 11 is 1.69. The third-order valence-electron chi connectivity index (χ3n) is 4.95. The zero-order chi connectivity index (χ0) is 19.9. The van der Waals surface area contributed by atoms with Gasteiger partial charge in [-0.1, -0.05) is 30.3 Å². The van der Waals surface area contributed by atoms with Gasteiger partial charge < -0.3 is 4.74 Å². The van der Waals surface area contributed by atoms with Gasteiger partial charge in [0.25, 0.3) is 0 Å². The lowest BCUT2D eigenvalue weighted by molar-refractivity contribution is -0.697. The summed E-state index contributed by atoms with van der Waals surface area (Å²) in [6.45, 7) is 4.68. The van der Waals surface area contributed by atoms with E-state index in [2.05, 4.69) is 106 Å². The highest BCUT2D eigenvalue weighted by Gasteiger charge is 2.07. The molecule has 0 saturated carbocycles. The molecule has 0 amide bonds. The lowest BCUT2D eigenvalue weighted by Crippen LogP contribution is -2.33. The Balaban J connectivity index is 1.30. The van der Waals surface area contributed by atoms with Gasteiger partial charge in [-0.2, -0.15) is 0 Å². The Bertz CT molecular complexity index is 1020. The van der Waals surface area contributed by atoms with Crippen molar-refractivity contribution in [2.75, 3.05) is 6.61 Å². The molecule has 0 aliphatic rings. The van der Waals surface area contributed by atoms with Crippen molar-refractivity contribution in [1.29, 1.82) is 0 Å². The van der Waals surface area contributed by atoms with Gasteiger partial charge in [-0.15, -0.1) is 11.3 Å². The molecule has 0 atom stereocenters. The van der Waals surface area contributed by atoms with Crippen molar-refractivity contribution in [3.8, 4) is 16.9 Å². The van der Waals surface area contributed by atoms with E-state index >= 15 is 0 Å². The average Bonchev–Trinajstić information content (AvgIpc) is 3.18. The lowest BCUT2D eigenvalue weighted by atomic mass is 10.1. The first-order valence-corrected chi connectivity index (χ1v) is 10.9. The van der Waals surface area contributed by atoms with Crippen molar-refractivity contribution < 1.29 is 13.9 Å². The standard InChI is InChI=1S/C25H26N2OS/c1-21-19-29-20-25(21)28-17-5-12-26-13-8-23(9-14-26)24-10-15-27(16-11-24)18-22-6-3-2-4-7-22/h2-4,6-11,13-16,19-20H,5,12,17-18H2,1H3/q+2. The van der Waals surface area contributed by atoms with E-state index in [-0.39, 0.29) is 0 Å². The summed E-state index contributed by atoms with van der Waals surface area (Å²) in [5, 5.41) is 4.19. The summed E-state index contributed by atoms with van der Waals surface area (Å²) in [4.78, 5) is 0. The molecular weight excluding hydrogens is 376 g/mol. The Morgan fingerprint density at radius 1 is 0.793 bits per heavy atom. The number of hydrogen-bond donors (Lipinski definition) is 0. The molecule has 3 aromatic heterocycles. The maximum Gasteiger partial charge on any atom is 0.173 e. The molecule has 4 aromatic rings. The molecule has 0 spiro atoms. The largest absolute Gasteiger partial charge is 0.492 e. The minimum atomic E-state index is 0.742. The molecule has 0 saturated heterocycles. The van der Waals surface area contributed by atoms with Crippen LogP contribution >= 0.6 is 11.3 Å². The smallest absolute Gasteiger partial charge is 0.173 e. The Kier molecular flexibility index (Phi) is 6.32. The molecular formula is C25H26N2OS+2. The molecule has 0 aliphatic carbocycles. The Morgan fingerprint density at radius 3 is 2.07 bits per heavy atom. The third kappa shape index (κ3) is 5.30. The molecule has 146 valence electrons. The van der Waals surface area contributed by atoms with Crippen LogP contribution < -0.4 is 13.9 Å². The zero-order valence-corrected chi connectivity index (χ0v) is 17.5. The van der Waals surface area contributed by atoms with E-state index < -0.39 is 0 Å². The molecule has 3 nitrogen and oxygen atoms in total. The number of nitrogens with zero attached hydrogens (tertiary/aromatic N) is 2. The van der Waals surface area contributed by atoms with Crippen LogP contribution in [0.3, 0.4) is 0 Å². The molecule has 0 fully saturated rings. The fourth-order valence-electron chi connectivity index (χ4n) is 3.27. The van der Waals surface area contributed by atoms with E-state index in [4.69, 9.17) is 4.74 Å². The molecule has 4 rings (SSSR count). The van der Waals surface area contributed by atoms with Gasteiger partial charge in [0.05, 0.1) is 6.61 Å². The minimum absolute atomic E-state index is 0.742. The average molecular weight is 403 g/mol. The molecule has 3 heterocycles. The fourth-order valence-corrected chi connectivity index (χ4v) is 4.04. The van der Waals surface area contributed by atoms with Crippen LogP contribution in [0, 0.1) is 6.92 Å². The normalized spacial score (nSPS) is 10.8. The van der Waals surface area contributed by atoms with Gasteiger partial charge in [0.15, 0.2) is 37.9 Å². The highest BCUT2D eigenvalue weighted by molar-refractivity contribution is 7.08. The van der Waals surface area contributed by atoms with Crippen LogP contribution in [0.2, 0.25) is 0 Å². The van der Waals surface area contributed by atoms with Crippen molar-refractivity contribution >= 4 is 11.3 Å². The first-order valence-electron chi connectivity index (χ1n) is 9.96. The maximum absolute atomic E-state index is 5.84. The van der Waals surface area contributed by atoms with Crippen molar-refractivity contribution in [1.82, 2.24) is 0 Å². The Labute approximate surface area is 176 Å². The van der Waals surface area contributed by atoms with Crippen molar-refractivity contribution in [3.63, 3.8) is 0 Å². The predicted molar refractivity (Wildman–Crippen MR) is 117 cm³/mol. The topological polar surface area (TPSA) is 17.0 Å². The number of ether oxygens (including phenoxy) is 1. The monoisotopic (exact) mass is 402 g/mol. The van der Waals surface area contributed by atoms with E-state index in [1.165, 1.54) is 22.3 Å². The summed E-state index contributed by atoms with van der Waals surface area (Å²) in [5.41, 5.74) is 5.00. The third-order valence-corrected chi connectivity index (χ3v) is 5.79. The highest BCUT2D eigenvalue weighted by Crippen LogP contribution is 2.22. The number of thiophene rings is 1. The van der Waals surface area contributed by atoms with Gasteiger partial charge in [-0.05, 0) is 23.4 Å². The van der Waals surface area contributed by atoms with Gasteiger partial charge in [0, 0.05) is 47.2 Å². The number of aryl methyl sites for hydroxylation is 2. The van der Waals surface area contributed by atoms with Crippen LogP contribution in [0.15, 0.2) is 90.1 Å². The molecule has 0 unspecified atom stereocenters. The van der Waals surface area contributed by atoms with Crippen LogP contribution in [-0.4, -0.2) is 6.61 Å². The molecule has 4 heteroatoms. The molecule has 0 bridgehead atoms. The van der Waals surface area contributed by atoms with Crippen LogP contribution in [0.25, 0.3) is 11.1 Å². The zero-order valence-electron chi connectivity index (χ0n) is 16.7. The van der Waals surface area contributed by atoms with Crippen molar-refractivity contribution in [2.24, 2.45) is 0 Å². The molecule has 1 aromatic carbocycles. The number of benzene rings is 1. The van der Waals surface area contributed by atoms with Gasteiger partial charge in [-0.25, -0.2) is 9.13 Å². The SMILES string of the molecule is Cc1cscc1OCCC[n+]1ccc(-c2cc[n+](Cc3ccccc3)cc2)cc1. The summed E-state index contributed by atoms with van der Waals surface area (Å²) in [5.74, 6) is 1.02. The number of hydrogen-bond acceptors (Lipinski definition) is 2. The van der Waals surface area contributed by atoms with E-state index in [0.717, 1.165) is 31.9 Å². The van der Waals surface area contributed by atoms with Crippen LogP contribution in [0.5, 0.6) is 5.75 Å². The maximum atomic E-state index is 5.84. The molecule has 0 aliphatic heterocycles. The van der Waals surface area contributed by atoms with Crippen molar-refractivity contribution in [2.45, 2.75) is 26.4 Å². The van der Waals surface area contributed by atoms with E-state index in [1.54, 1.807) is 11.3 Å². The van der Waals surface area contributed by atoms with Gasteiger partial charge >= 0.3 is 0 Å². The highest BCUT2D eigenvalue weighted by atomic mass is 32.1.